The number of aliphatic hydroxyl groups excluding tert-OH is 1. The first-order valence-electron chi connectivity index (χ1n) is 9.86. The molecule has 3 heterocycles. The predicted octanol–water partition coefficient (Wildman–Crippen LogP) is 1.95. The van der Waals surface area contributed by atoms with Gasteiger partial charge >= 0.3 is 5.97 Å². The quantitative estimate of drug-likeness (QED) is 0.582. The van der Waals surface area contributed by atoms with Crippen LogP contribution in [0.4, 0.5) is 0 Å². The molecule has 0 fully saturated rings. The number of nitriles is 1. The Morgan fingerprint density at radius 2 is 2.03 bits per heavy atom. The van der Waals surface area contributed by atoms with Crippen molar-refractivity contribution in [3.63, 3.8) is 0 Å². The number of carbonyl (C=O) groups excluding carboxylic acids is 1. The number of fused-ring (bicyclic) bond motifs is 1. The number of ether oxygens (including phenoxy) is 1. The second kappa shape index (κ2) is 8.26. The summed E-state index contributed by atoms with van der Waals surface area (Å²) in [5, 5.41) is 27.3. The van der Waals surface area contributed by atoms with Crippen LogP contribution in [0.5, 0.6) is 0 Å². The first-order valence-corrected chi connectivity index (χ1v) is 9.86. The molecule has 9 heteroatoms. The van der Waals surface area contributed by atoms with Gasteiger partial charge in [-0.3, -0.25) is 0 Å². The second-order valence-corrected chi connectivity index (χ2v) is 7.50. The Labute approximate surface area is 179 Å². The van der Waals surface area contributed by atoms with E-state index in [1.54, 1.807) is 36.9 Å². The molecule has 0 radical (unpaired) electrons. The molecule has 0 amide bonds. The van der Waals surface area contributed by atoms with Crippen molar-refractivity contribution < 1.29 is 14.6 Å². The summed E-state index contributed by atoms with van der Waals surface area (Å²) in [5.74, 6) is 0.0942. The second-order valence-electron chi connectivity index (χ2n) is 7.50. The Morgan fingerprint density at radius 1 is 1.29 bits per heavy atom. The molecule has 0 spiro atoms. The molecule has 158 valence electrons. The summed E-state index contributed by atoms with van der Waals surface area (Å²) in [6, 6.07) is 5.59. The predicted molar refractivity (Wildman–Crippen MR) is 110 cm³/mol. The normalized spacial score (nSPS) is 13.6. The molecule has 1 atom stereocenters. The lowest BCUT2D eigenvalue weighted by atomic mass is 9.95. The van der Waals surface area contributed by atoms with Gasteiger partial charge in [0.15, 0.2) is 0 Å². The van der Waals surface area contributed by atoms with E-state index in [1.165, 1.54) is 0 Å². The Morgan fingerprint density at radius 3 is 2.74 bits per heavy atom. The zero-order valence-electron chi connectivity index (χ0n) is 17.5. The van der Waals surface area contributed by atoms with Crippen molar-refractivity contribution in [2.24, 2.45) is 0 Å². The van der Waals surface area contributed by atoms with Crippen molar-refractivity contribution in [1.82, 2.24) is 25.1 Å². The van der Waals surface area contributed by atoms with E-state index >= 15 is 0 Å². The average molecular weight is 418 g/mol. The number of aromatic nitrogens is 4. The minimum Gasteiger partial charge on any atom is -0.457 e. The van der Waals surface area contributed by atoms with E-state index < -0.39 is 6.10 Å². The van der Waals surface area contributed by atoms with Gasteiger partial charge in [-0.1, -0.05) is 6.07 Å². The lowest BCUT2D eigenvalue weighted by Gasteiger charge is -2.16. The van der Waals surface area contributed by atoms with Gasteiger partial charge in [-0.05, 0) is 38.0 Å². The van der Waals surface area contributed by atoms with Crippen molar-refractivity contribution >= 4 is 5.97 Å². The van der Waals surface area contributed by atoms with Gasteiger partial charge in [0.1, 0.15) is 12.7 Å². The highest BCUT2D eigenvalue weighted by molar-refractivity contribution is 5.93. The molecule has 1 aliphatic rings. The largest absolute Gasteiger partial charge is 0.457 e. The number of benzene rings is 1. The molecule has 3 aromatic rings. The fourth-order valence-electron chi connectivity index (χ4n) is 3.72. The molecule has 1 unspecified atom stereocenters. The van der Waals surface area contributed by atoms with Crippen molar-refractivity contribution in [3.8, 4) is 12.0 Å². The fourth-order valence-corrected chi connectivity index (χ4v) is 3.72. The summed E-state index contributed by atoms with van der Waals surface area (Å²) in [6.07, 6.45) is 2.79. The van der Waals surface area contributed by atoms with Crippen LogP contribution < -0.4 is 5.32 Å². The number of nitrogens with one attached hydrogen (secondary N) is 1. The number of nitrogens with zero attached hydrogens (tertiary/aromatic N) is 5. The minimum absolute atomic E-state index is 0.254. The third-order valence-electron chi connectivity index (χ3n) is 5.45. The zero-order valence-corrected chi connectivity index (χ0v) is 17.5. The molecule has 0 saturated carbocycles. The van der Waals surface area contributed by atoms with Crippen LogP contribution in [-0.4, -0.2) is 37.4 Å². The van der Waals surface area contributed by atoms with Gasteiger partial charge in [-0.15, -0.1) is 0 Å². The van der Waals surface area contributed by atoms with Crippen molar-refractivity contribution in [3.05, 3.63) is 69.3 Å². The van der Waals surface area contributed by atoms with Crippen LogP contribution in [0.2, 0.25) is 0 Å². The third kappa shape index (κ3) is 3.91. The van der Waals surface area contributed by atoms with E-state index in [1.807, 2.05) is 13.1 Å². The van der Waals surface area contributed by atoms with Crippen LogP contribution >= 0.6 is 0 Å². The van der Waals surface area contributed by atoms with Crippen LogP contribution in [0.1, 0.15) is 55.7 Å². The molecule has 31 heavy (non-hydrogen) atoms. The number of hydrogen-bond acceptors (Lipinski definition) is 8. The summed E-state index contributed by atoms with van der Waals surface area (Å²) in [5.41, 5.74) is 5.68. The lowest BCUT2D eigenvalue weighted by molar-refractivity contribution is 0.0535. The highest BCUT2D eigenvalue weighted by Crippen LogP contribution is 2.28. The SMILES string of the molecule is Cc1nc(-n2cc(CNCC(O)c3ccc4c(c3C)COC4=O)cn2)nc(C)c1C#N. The molecule has 0 saturated heterocycles. The summed E-state index contributed by atoms with van der Waals surface area (Å²) >= 11 is 0. The Bertz CT molecular complexity index is 1190. The van der Waals surface area contributed by atoms with E-state index in [9.17, 15) is 9.90 Å². The Hall–Kier alpha value is -3.61. The van der Waals surface area contributed by atoms with Crippen LogP contribution in [0.3, 0.4) is 0 Å². The molecule has 0 aliphatic carbocycles. The highest BCUT2D eigenvalue weighted by atomic mass is 16.5. The molecular weight excluding hydrogens is 396 g/mol. The van der Waals surface area contributed by atoms with Crippen LogP contribution in [0, 0.1) is 32.1 Å². The maximum atomic E-state index is 11.7. The van der Waals surface area contributed by atoms with Crippen LogP contribution in [0.25, 0.3) is 5.95 Å². The first-order chi connectivity index (χ1) is 14.9. The number of cyclic esters (lactones) is 1. The first kappa shape index (κ1) is 20.7. The topological polar surface area (TPSA) is 126 Å². The monoisotopic (exact) mass is 418 g/mol. The van der Waals surface area contributed by atoms with E-state index in [-0.39, 0.29) is 12.6 Å². The third-order valence-corrected chi connectivity index (χ3v) is 5.45. The summed E-state index contributed by atoms with van der Waals surface area (Å²) in [4.78, 5) is 20.4. The fraction of sp³-hybridized carbons (Fsp3) is 0.318. The zero-order chi connectivity index (χ0) is 22.1. The molecule has 1 aliphatic heterocycles. The van der Waals surface area contributed by atoms with E-state index in [4.69, 9.17) is 10.00 Å². The molecule has 9 nitrogen and oxygen atoms in total. The average Bonchev–Trinajstić information content (AvgIpc) is 3.35. The molecule has 0 bridgehead atoms. The smallest absolute Gasteiger partial charge is 0.338 e. The molecule has 2 aromatic heterocycles. The van der Waals surface area contributed by atoms with Gasteiger partial charge in [0.2, 0.25) is 0 Å². The minimum atomic E-state index is -0.719. The van der Waals surface area contributed by atoms with Crippen LogP contribution in [0.15, 0.2) is 24.5 Å². The van der Waals surface area contributed by atoms with Crippen LogP contribution in [-0.2, 0) is 17.9 Å². The van der Waals surface area contributed by atoms with E-state index in [0.717, 1.165) is 22.3 Å². The summed E-state index contributed by atoms with van der Waals surface area (Å²) in [7, 11) is 0. The Balaban J connectivity index is 1.40. The van der Waals surface area contributed by atoms with Gasteiger partial charge in [-0.25, -0.2) is 19.4 Å². The lowest BCUT2D eigenvalue weighted by Crippen LogP contribution is -2.21. The van der Waals surface area contributed by atoms with E-state index in [0.29, 0.717) is 41.6 Å². The molecule has 2 N–H and O–H groups in total. The number of esters is 1. The van der Waals surface area contributed by atoms with Crippen molar-refractivity contribution in [2.45, 2.75) is 40.0 Å². The van der Waals surface area contributed by atoms with Gasteiger partial charge in [-0.2, -0.15) is 10.4 Å². The summed E-state index contributed by atoms with van der Waals surface area (Å²) < 4.78 is 6.64. The number of aryl methyl sites for hydroxylation is 2. The highest BCUT2D eigenvalue weighted by Gasteiger charge is 2.25. The number of carbonyl (C=O) groups is 1. The number of hydrogen-bond donors (Lipinski definition) is 2. The van der Waals surface area contributed by atoms with Gasteiger partial charge in [0.05, 0.1) is 34.8 Å². The molecule has 4 rings (SSSR count). The van der Waals surface area contributed by atoms with E-state index in [2.05, 4.69) is 26.5 Å². The maximum absolute atomic E-state index is 11.7. The number of aliphatic hydroxyl groups is 1. The van der Waals surface area contributed by atoms with Crippen molar-refractivity contribution in [2.75, 3.05) is 6.54 Å². The number of rotatable bonds is 6. The Kier molecular flexibility index (Phi) is 5.50. The summed E-state index contributed by atoms with van der Waals surface area (Å²) in [6.45, 7) is 6.52. The maximum Gasteiger partial charge on any atom is 0.338 e. The standard InChI is InChI=1S/C22H22N6O3/c1-12-16(4-5-17-19(12)11-31-21(17)30)20(29)9-24-7-15-8-25-28(10-15)22-26-13(2)18(6-23)14(3)27-22/h4-5,8,10,20,24,29H,7,9,11H2,1-3H3. The van der Waals surface area contributed by atoms with Gasteiger partial charge < -0.3 is 15.2 Å². The molecule has 1 aromatic carbocycles. The van der Waals surface area contributed by atoms with Crippen molar-refractivity contribution in [1.29, 1.82) is 5.26 Å². The van der Waals surface area contributed by atoms with Gasteiger partial charge in [0.25, 0.3) is 5.95 Å². The van der Waals surface area contributed by atoms with Gasteiger partial charge in [0, 0.05) is 30.4 Å². The molecular formula is C22H22N6O3.